The summed E-state index contributed by atoms with van der Waals surface area (Å²) in [6, 6.07) is 0. The van der Waals surface area contributed by atoms with E-state index in [-0.39, 0.29) is 19.0 Å². The van der Waals surface area contributed by atoms with Crippen LogP contribution in [0.3, 0.4) is 0 Å². The van der Waals surface area contributed by atoms with E-state index in [0.29, 0.717) is 0 Å². The van der Waals surface area contributed by atoms with Crippen molar-refractivity contribution in [2.24, 2.45) is 0 Å². The average Bonchev–Trinajstić information content (AvgIpc) is 1.85. The molecule has 0 unspecified atom stereocenters. The molecule has 0 aromatic carbocycles. The summed E-state index contributed by atoms with van der Waals surface area (Å²) in [5.41, 5.74) is 0. The highest BCUT2D eigenvalue weighted by molar-refractivity contribution is 5.85. The van der Waals surface area contributed by atoms with Crippen molar-refractivity contribution in [2.45, 2.75) is 12.8 Å². The molecule has 1 aliphatic rings. The molecule has 2 nitrogen and oxygen atoms in total. The molecule has 1 heterocycles. The van der Waals surface area contributed by atoms with Crippen molar-refractivity contribution in [2.75, 3.05) is 32.7 Å². The predicted octanol–water partition coefficient (Wildman–Crippen LogP) is 0.969. The maximum absolute atomic E-state index is 12.4. The predicted molar refractivity (Wildman–Crippen MR) is 47.2 cm³/mol. The SMILES string of the molecule is CC(F)(F)CN1CCNCC1.Cl. The number of hydrogen-bond donors (Lipinski definition) is 1. The first kappa shape index (κ1) is 12.1. The van der Waals surface area contributed by atoms with Gasteiger partial charge in [-0.2, -0.15) is 0 Å². The quantitative estimate of drug-likeness (QED) is 0.715. The molecule has 0 bridgehead atoms. The smallest absolute Gasteiger partial charge is 0.257 e. The molecule has 1 rings (SSSR count). The Morgan fingerprint density at radius 3 is 2.25 bits per heavy atom. The topological polar surface area (TPSA) is 15.3 Å². The van der Waals surface area contributed by atoms with Gasteiger partial charge < -0.3 is 5.32 Å². The van der Waals surface area contributed by atoms with Crippen LogP contribution in [0.2, 0.25) is 0 Å². The lowest BCUT2D eigenvalue weighted by atomic mass is 10.3. The molecular formula is C7H15ClF2N2. The van der Waals surface area contributed by atoms with Crippen LogP contribution in [0, 0.1) is 0 Å². The van der Waals surface area contributed by atoms with E-state index in [2.05, 4.69) is 5.32 Å². The number of piperazine rings is 1. The lowest BCUT2D eigenvalue weighted by Gasteiger charge is -2.29. The van der Waals surface area contributed by atoms with Crippen LogP contribution in [0.25, 0.3) is 0 Å². The molecule has 1 aliphatic heterocycles. The van der Waals surface area contributed by atoms with Crippen molar-refractivity contribution >= 4 is 12.4 Å². The Morgan fingerprint density at radius 1 is 1.33 bits per heavy atom. The summed E-state index contributed by atoms with van der Waals surface area (Å²) in [6.45, 7) is 4.00. The van der Waals surface area contributed by atoms with E-state index in [0.717, 1.165) is 33.1 Å². The zero-order chi connectivity index (χ0) is 8.32. The standard InChI is InChI=1S/C7H14F2N2.ClH/c1-7(8,9)6-11-4-2-10-3-5-11;/h10H,2-6H2,1H3;1H. The minimum absolute atomic E-state index is 0. The van der Waals surface area contributed by atoms with Gasteiger partial charge in [-0.3, -0.25) is 4.90 Å². The summed E-state index contributed by atoms with van der Waals surface area (Å²) in [6.07, 6.45) is 0. The molecule has 0 aromatic heterocycles. The lowest BCUT2D eigenvalue weighted by Crippen LogP contribution is -2.47. The van der Waals surface area contributed by atoms with Crippen molar-refractivity contribution in [3.05, 3.63) is 0 Å². The Morgan fingerprint density at radius 2 is 1.83 bits per heavy atom. The van der Waals surface area contributed by atoms with Crippen molar-refractivity contribution < 1.29 is 8.78 Å². The van der Waals surface area contributed by atoms with E-state index < -0.39 is 5.92 Å². The Kier molecular flexibility index (Phi) is 4.97. The van der Waals surface area contributed by atoms with Gasteiger partial charge in [-0.05, 0) is 0 Å². The van der Waals surface area contributed by atoms with E-state index in [1.54, 1.807) is 4.90 Å². The van der Waals surface area contributed by atoms with Crippen LogP contribution in [-0.2, 0) is 0 Å². The van der Waals surface area contributed by atoms with Crippen LogP contribution in [0.1, 0.15) is 6.92 Å². The van der Waals surface area contributed by atoms with E-state index in [9.17, 15) is 8.78 Å². The van der Waals surface area contributed by atoms with Gasteiger partial charge in [0.25, 0.3) is 5.92 Å². The third-order valence-electron chi connectivity index (χ3n) is 1.71. The van der Waals surface area contributed by atoms with E-state index in [1.807, 2.05) is 0 Å². The Balaban J connectivity index is 0.00000121. The molecule has 0 saturated carbocycles. The largest absolute Gasteiger partial charge is 0.314 e. The molecule has 5 heteroatoms. The molecule has 0 radical (unpaired) electrons. The molecule has 0 atom stereocenters. The second-order valence-electron chi connectivity index (χ2n) is 3.10. The first-order valence-corrected chi connectivity index (χ1v) is 3.89. The molecule has 12 heavy (non-hydrogen) atoms. The van der Waals surface area contributed by atoms with E-state index in [4.69, 9.17) is 0 Å². The molecule has 1 N–H and O–H groups in total. The number of nitrogens with one attached hydrogen (secondary N) is 1. The summed E-state index contributed by atoms with van der Waals surface area (Å²) in [5.74, 6) is -2.54. The zero-order valence-electron chi connectivity index (χ0n) is 7.15. The van der Waals surface area contributed by atoms with Crippen LogP contribution in [-0.4, -0.2) is 43.5 Å². The van der Waals surface area contributed by atoms with Crippen molar-refractivity contribution in [3.8, 4) is 0 Å². The molecule has 1 fully saturated rings. The van der Waals surface area contributed by atoms with Gasteiger partial charge in [0, 0.05) is 33.1 Å². The first-order valence-electron chi connectivity index (χ1n) is 3.89. The second-order valence-corrected chi connectivity index (χ2v) is 3.10. The van der Waals surface area contributed by atoms with Crippen molar-refractivity contribution in [3.63, 3.8) is 0 Å². The maximum Gasteiger partial charge on any atom is 0.257 e. The molecule has 0 aliphatic carbocycles. The van der Waals surface area contributed by atoms with Crippen LogP contribution >= 0.6 is 12.4 Å². The van der Waals surface area contributed by atoms with Crippen LogP contribution in [0.5, 0.6) is 0 Å². The van der Waals surface area contributed by atoms with Gasteiger partial charge in [-0.1, -0.05) is 0 Å². The molecule has 1 saturated heterocycles. The van der Waals surface area contributed by atoms with Gasteiger partial charge in [0.15, 0.2) is 0 Å². The Labute approximate surface area is 77.7 Å². The van der Waals surface area contributed by atoms with Gasteiger partial charge in [0.1, 0.15) is 0 Å². The zero-order valence-corrected chi connectivity index (χ0v) is 7.96. The highest BCUT2D eigenvalue weighted by Crippen LogP contribution is 2.13. The number of alkyl halides is 2. The van der Waals surface area contributed by atoms with Crippen LogP contribution in [0.15, 0.2) is 0 Å². The van der Waals surface area contributed by atoms with Gasteiger partial charge >= 0.3 is 0 Å². The fourth-order valence-corrected chi connectivity index (χ4v) is 1.26. The number of rotatable bonds is 2. The summed E-state index contributed by atoms with van der Waals surface area (Å²) in [5, 5.41) is 3.11. The van der Waals surface area contributed by atoms with Gasteiger partial charge in [-0.25, -0.2) is 8.78 Å². The minimum atomic E-state index is -2.54. The lowest BCUT2D eigenvalue weighted by molar-refractivity contribution is -0.0169. The number of halogens is 3. The Hall–Kier alpha value is 0.0700. The summed E-state index contributed by atoms with van der Waals surface area (Å²) in [7, 11) is 0. The van der Waals surface area contributed by atoms with Crippen LogP contribution < -0.4 is 5.32 Å². The molecule has 0 amide bonds. The van der Waals surface area contributed by atoms with Gasteiger partial charge in [0.05, 0.1) is 6.54 Å². The van der Waals surface area contributed by atoms with E-state index in [1.165, 1.54) is 0 Å². The van der Waals surface area contributed by atoms with Crippen molar-refractivity contribution in [1.82, 2.24) is 10.2 Å². The molecule has 0 spiro atoms. The maximum atomic E-state index is 12.4. The Bertz CT molecular complexity index is 121. The third-order valence-corrected chi connectivity index (χ3v) is 1.71. The number of nitrogens with zero attached hydrogens (tertiary/aromatic N) is 1. The third kappa shape index (κ3) is 4.85. The fraction of sp³-hybridized carbons (Fsp3) is 1.00. The van der Waals surface area contributed by atoms with Crippen molar-refractivity contribution in [1.29, 1.82) is 0 Å². The summed E-state index contributed by atoms with van der Waals surface area (Å²) in [4.78, 5) is 1.79. The van der Waals surface area contributed by atoms with Crippen LogP contribution in [0.4, 0.5) is 8.78 Å². The monoisotopic (exact) mass is 200 g/mol. The first-order chi connectivity index (χ1) is 5.08. The molecule has 0 aromatic rings. The van der Waals surface area contributed by atoms with E-state index >= 15 is 0 Å². The average molecular weight is 201 g/mol. The van der Waals surface area contributed by atoms with Gasteiger partial charge in [-0.15, -0.1) is 12.4 Å². The van der Waals surface area contributed by atoms with Gasteiger partial charge in [0.2, 0.25) is 0 Å². The molecule has 74 valence electrons. The number of hydrogen-bond acceptors (Lipinski definition) is 2. The minimum Gasteiger partial charge on any atom is -0.314 e. The second kappa shape index (κ2) is 4.94. The normalized spacial score (nSPS) is 20.2. The highest BCUT2D eigenvalue weighted by atomic mass is 35.5. The summed E-state index contributed by atoms with van der Waals surface area (Å²) < 4.78 is 24.9. The fourth-order valence-electron chi connectivity index (χ4n) is 1.26. The highest BCUT2D eigenvalue weighted by Gasteiger charge is 2.25. The summed E-state index contributed by atoms with van der Waals surface area (Å²) >= 11 is 0. The molecular weight excluding hydrogens is 186 g/mol.